The third kappa shape index (κ3) is 2.96. The van der Waals surface area contributed by atoms with Gasteiger partial charge in [-0.1, -0.05) is 0 Å². The molecule has 0 heterocycles. The van der Waals surface area contributed by atoms with Crippen molar-refractivity contribution in [3.05, 3.63) is 12.0 Å². The lowest BCUT2D eigenvalue weighted by atomic mass is 10.7. The maximum Gasteiger partial charge on any atom is 0.112 e. The van der Waals surface area contributed by atoms with Crippen molar-refractivity contribution >= 4 is 0 Å². The van der Waals surface area contributed by atoms with Crippen LogP contribution in [-0.4, -0.2) is 14.1 Å². The maximum atomic E-state index is 5.27. The summed E-state index contributed by atoms with van der Waals surface area (Å²) >= 11 is 0. The van der Waals surface area contributed by atoms with Crippen molar-refractivity contribution in [1.82, 2.24) is 10.6 Å². The molecule has 0 rings (SSSR count). The summed E-state index contributed by atoms with van der Waals surface area (Å²) in [6, 6.07) is 0. The van der Waals surface area contributed by atoms with Gasteiger partial charge in [0.2, 0.25) is 0 Å². The van der Waals surface area contributed by atoms with Crippen LogP contribution in [0, 0.1) is 0 Å². The second-order valence-corrected chi connectivity index (χ2v) is 1.14. The number of hydrogen-bond acceptors (Lipinski definition) is 3. The lowest BCUT2D eigenvalue weighted by Crippen LogP contribution is -2.17. The third-order valence-corrected chi connectivity index (χ3v) is 0.589. The molecule has 42 valence electrons. The van der Waals surface area contributed by atoms with Gasteiger partial charge in [0.15, 0.2) is 0 Å². The van der Waals surface area contributed by atoms with Crippen molar-refractivity contribution in [3.63, 3.8) is 0 Å². The second-order valence-electron chi connectivity index (χ2n) is 1.14. The van der Waals surface area contributed by atoms with Crippen LogP contribution in [0.3, 0.4) is 0 Å². The Labute approximate surface area is 43.6 Å². The van der Waals surface area contributed by atoms with E-state index in [0.29, 0.717) is 5.82 Å². The number of rotatable bonds is 2. The molecule has 4 N–H and O–H groups in total. The van der Waals surface area contributed by atoms with Gasteiger partial charge in [0.05, 0.1) is 0 Å². The highest BCUT2D eigenvalue weighted by Crippen LogP contribution is 1.63. The molecule has 0 aliphatic rings. The van der Waals surface area contributed by atoms with Gasteiger partial charge in [0.25, 0.3) is 0 Å². The van der Waals surface area contributed by atoms with Gasteiger partial charge >= 0.3 is 0 Å². The predicted molar refractivity (Wildman–Crippen MR) is 30.4 cm³/mol. The van der Waals surface area contributed by atoms with Gasteiger partial charge in [-0.3, -0.25) is 0 Å². The fourth-order valence-corrected chi connectivity index (χ4v) is 0.228. The van der Waals surface area contributed by atoms with Gasteiger partial charge in [-0.25, -0.2) is 0 Å². The molecule has 0 saturated heterocycles. The summed E-state index contributed by atoms with van der Waals surface area (Å²) in [5, 5.41) is 5.51. The minimum atomic E-state index is 0.641. The molecule has 0 bridgehead atoms. The average Bonchev–Trinajstić information content (AvgIpc) is 1.68. The Balaban J connectivity index is 3.29. The molecule has 3 heteroatoms. The molecule has 0 saturated carbocycles. The van der Waals surface area contributed by atoms with E-state index in [2.05, 4.69) is 10.6 Å². The lowest BCUT2D eigenvalue weighted by Gasteiger charge is -1.95. The first-order valence-electron chi connectivity index (χ1n) is 2.12. The summed E-state index contributed by atoms with van der Waals surface area (Å²) in [5.41, 5.74) is 5.27. The molecule has 0 aromatic heterocycles. The minimum absolute atomic E-state index is 0.641. The molecule has 0 atom stereocenters. The normalized spacial score (nSPS) is 10.9. The molecule has 0 unspecified atom stereocenters. The van der Waals surface area contributed by atoms with Gasteiger partial charge < -0.3 is 16.4 Å². The Morgan fingerprint density at radius 3 is 2.29 bits per heavy atom. The first-order valence-corrected chi connectivity index (χ1v) is 2.12. The van der Waals surface area contributed by atoms with Gasteiger partial charge in [0.1, 0.15) is 5.82 Å². The minimum Gasteiger partial charge on any atom is -0.391 e. The van der Waals surface area contributed by atoms with Crippen molar-refractivity contribution in [1.29, 1.82) is 0 Å². The van der Waals surface area contributed by atoms with Crippen molar-refractivity contribution in [2.24, 2.45) is 5.73 Å². The monoisotopic (exact) mass is 101 g/mol. The molecule has 0 radical (unpaired) electrons. The van der Waals surface area contributed by atoms with Crippen molar-refractivity contribution in [3.8, 4) is 0 Å². The molecule has 0 amide bonds. The zero-order valence-corrected chi connectivity index (χ0v) is 4.65. The Bertz CT molecular complexity index is 67.3. The van der Waals surface area contributed by atoms with Crippen LogP contribution in [0.1, 0.15) is 0 Å². The summed E-state index contributed by atoms with van der Waals surface area (Å²) in [5.74, 6) is 0.641. The van der Waals surface area contributed by atoms with Gasteiger partial charge in [-0.05, 0) is 0 Å². The van der Waals surface area contributed by atoms with Crippen LogP contribution in [-0.2, 0) is 0 Å². The summed E-state index contributed by atoms with van der Waals surface area (Å²) < 4.78 is 0. The number of hydrogen-bond donors (Lipinski definition) is 3. The molecule has 0 aromatic carbocycles. The highest BCUT2D eigenvalue weighted by atomic mass is 15.0. The third-order valence-electron chi connectivity index (χ3n) is 0.589. The summed E-state index contributed by atoms with van der Waals surface area (Å²) in [7, 11) is 3.56. The van der Waals surface area contributed by atoms with Crippen LogP contribution in [0.2, 0.25) is 0 Å². The van der Waals surface area contributed by atoms with E-state index in [1.807, 2.05) is 0 Å². The van der Waals surface area contributed by atoms with E-state index >= 15 is 0 Å². The van der Waals surface area contributed by atoms with Crippen LogP contribution in [0.25, 0.3) is 0 Å². The Morgan fingerprint density at radius 2 is 2.14 bits per heavy atom. The van der Waals surface area contributed by atoms with Crippen molar-refractivity contribution in [2.45, 2.75) is 0 Å². The second kappa shape index (κ2) is 3.33. The zero-order chi connectivity index (χ0) is 5.70. The Hall–Kier alpha value is -0.860. The molecule has 7 heavy (non-hydrogen) atoms. The van der Waals surface area contributed by atoms with Crippen molar-refractivity contribution < 1.29 is 0 Å². The van der Waals surface area contributed by atoms with Crippen LogP contribution in [0.4, 0.5) is 0 Å². The molecule has 3 nitrogen and oxygen atoms in total. The fraction of sp³-hybridized carbons (Fsp3) is 0.500. The Kier molecular flexibility index (Phi) is 2.92. The van der Waals surface area contributed by atoms with Gasteiger partial charge in [0, 0.05) is 20.3 Å². The van der Waals surface area contributed by atoms with Crippen LogP contribution in [0.5, 0.6) is 0 Å². The first-order chi connectivity index (χ1) is 3.31. The van der Waals surface area contributed by atoms with E-state index in [1.165, 1.54) is 0 Å². The standard InChI is InChI=1S/C4H11N3/c1-6-3-4(5)7-2/h3,6-7H,5H2,1-2H3. The smallest absolute Gasteiger partial charge is 0.112 e. The molecule has 0 aliphatic heterocycles. The van der Waals surface area contributed by atoms with E-state index in [4.69, 9.17) is 5.73 Å². The van der Waals surface area contributed by atoms with Crippen molar-refractivity contribution in [2.75, 3.05) is 14.1 Å². The summed E-state index contributed by atoms with van der Waals surface area (Å²) in [6.07, 6.45) is 1.68. The molecule has 0 aromatic rings. The highest BCUT2D eigenvalue weighted by Gasteiger charge is 1.73. The van der Waals surface area contributed by atoms with E-state index in [0.717, 1.165) is 0 Å². The highest BCUT2D eigenvalue weighted by molar-refractivity contribution is 4.88. The lowest BCUT2D eigenvalue weighted by molar-refractivity contribution is 0.923. The SMILES string of the molecule is CNC=C(N)NC. The molecular weight excluding hydrogens is 90.1 g/mol. The maximum absolute atomic E-state index is 5.27. The molecular formula is C4H11N3. The van der Waals surface area contributed by atoms with E-state index in [9.17, 15) is 0 Å². The molecule has 0 spiro atoms. The number of nitrogens with one attached hydrogen (secondary N) is 2. The first kappa shape index (κ1) is 6.14. The molecule has 0 fully saturated rings. The topological polar surface area (TPSA) is 50.1 Å². The zero-order valence-electron chi connectivity index (χ0n) is 4.65. The van der Waals surface area contributed by atoms with Gasteiger partial charge in [-0.15, -0.1) is 0 Å². The number of nitrogens with two attached hydrogens (primary N) is 1. The van der Waals surface area contributed by atoms with Crippen LogP contribution >= 0.6 is 0 Å². The summed E-state index contributed by atoms with van der Waals surface area (Å²) in [4.78, 5) is 0. The molecule has 0 aliphatic carbocycles. The summed E-state index contributed by atoms with van der Waals surface area (Å²) in [6.45, 7) is 0. The van der Waals surface area contributed by atoms with Crippen LogP contribution in [0.15, 0.2) is 12.0 Å². The van der Waals surface area contributed by atoms with E-state index in [-0.39, 0.29) is 0 Å². The largest absolute Gasteiger partial charge is 0.391 e. The van der Waals surface area contributed by atoms with E-state index < -0.39 is 0 Å². The predicted octanol–water partition coefficient (Wildman–Crippen LogP) is -0.817. The van der Waals surface area contributed by atoms with E-state index in [1.54, 1.807) is 20.3 Å². The van der Waals surface area contributed by atoms with Gasteiger partial charge in [-0.2, -0.15) is 0 Å². The Morgan fingerprint density at radius 1 is 1.57 bits per heavy atom. The average molecular weight is 101 g/mol. The quantitative estimate of drug-likeness (QED) is 0.426. The fourth-order valence-electron chi connectivity index (χ4n) is 0.228. The van der Waals surface area contributed by atoms with Crippen LogP contribution < -0.4 is 16.4 Å².